The Hall–Kier alpha value is -0.660. The number of hydrogen-bond donors (Lipinski definition) is 0. The molecule has 2 aromatic carbocycles. The molecule has 0 fully saturated rings. The zero-order valence-electron chi connectivity index (χ0n) is 10.1. The van der Waals surface area contributed by atoms with E-state index in [0.29, 0.717) is 15.8 Å². The molecule has 1 heterocycles. The van der Waals surface area contributed by atoms with Gasteiger partial charge in [0.25, 0.3) is 0 Å². The molecule has 0 saturated carbocycles. The highest BCUT2D eigenvalue weighted by Crippen LogP contribution is 2.29. The number of halogens is 4. The van der Waals surface area contributed by atoms with E-state index in [0.717, 1.165) is 14.8 Å². The molecule has 6 heteroatoms. The first-order chi connectivity index (χ1) is 9.61. The van der Waals surface area contributed by atoms with Crippen LogP contribution in [0.5, 0.6) is 0 Å². The van der Waals surface area contributed by atoms with Crippen molar-refractivity contribution < 1.29 is 4.39 Å². The molecule has 0 saturated heterocycles. The first-order valence-electron chi connectivity index (χ1n) is 5.79. The Balaban J connectivity index is 2.39. The van der Waals surface area contributed by atoms with Crippen LogP contribution in [0, 0.1) is 9.39 Å². The maximum atomic E-state index is 13.6. The van der Waals surface area contributed by atoms with Gasteiger partial charge in [0.15, 0.2) is 0 Å². The molecule has 0 aliphatic carbocycles. The topological polar surface area (TPSA) is 17.8 Å². The monoisotopic (exact) mass is 464 g/mol. The first-order valence-corrected chi connectivity index (χ1v) is 8.19. The van der Waals surface area contributed by atoms with Crippen LogP contribution in [-0.2, 0) is 5.88 Å². The van der Waals surface area contributed by atoms with Crippen LogP contribution in [0.25, 0.3) is 16.7 Å². The van der Waals surface area contributed by atoms with Gasteiger partial charge in [0.05, 0.1) is 27.1 Å². The molecule has 20 heavy (non-hydrogen) atoms. The van der Waals surface area contributed by atoms with Gasteiger partial charge in [0.2, 0.25) is 0 Å². The second-order valence-electron chi connectivity index (χ2n) is 4.20. The highest BCUT2D eigenvalue weighted by atomic mass is 127. The SMILES string of the molecule is Fc1cc2nc(CCl)n(-c3ccccc3I)c2cc1Br. The van der Waals surface area contributed by atoms with Gasteiger partial charge < -0.3 is 0 Å². The van der Waals surface area contributed by atoms with Crippen LogP contribution in [0.4, 0.5) is 4.39 Å². The van der Waals surface area contributed by atoms with Crippen molar-refractivity contribution in [1.82, 2.24) is 9.55 Å². The summed E-state index contributed by atoms with van der Waals surface area (Å²) in [5.74, 6) is 0.633. The summed E-state index contributed by atoms with van der Waals surface area (Å²) in [4.78, 5) is 4.42. The van der Waals surface area contributed by atoms with Gasteiger partial charge in [-0.2, -0.15) is 0 Å². The van der Waals surface area contributed by atoms with Gasteiger partial charge in [-0.1, -0.05) is 12.1 Å². The predicted octanol–water partition coefficient (Wildman–Crippen LogP) is 5.27. The molecule has 0 bridgehead atoms. The van der Waals surface area contributed by atoms with E-state index in [-0.39, 0.29) is 11.7 Å². The molecule has 3 aromatic rings. The number of para-hydroxylation sites is 1. The molecule has 0 aliphatic heterocycles. The summed E-state index contributed by atoms with van der Waals surface area (Å²) in [6, 6.07) is 11.1. The number of hydrogen-bond acceptors (Lipinski definition) is 1. The Bertz CT molecular complexity index is 803. The number of aromatic nitrogens is 2. The van der Waals surface area contributed by atoms with Crippen LogP contribution in [0.15, 0.2) is 40.9 Å². The lowest BCUT2D eigenvalue weighted by Crippen LogP contribution is -2.01. The fourth-order valence-electron chi connectivity index (χ4n) is 2.11. The van der Waals surface area contributed by atoms with E-state index in [1.54, 1.807) is 6.07 Å². The van der Waals surface area contributed by atoms with Crippen molar-refractivity contribution >= 4 is 61.2 Å². The van der Waals surface area contributed by atoms with Gasteiger partial charge >= 0.3 is 0 Å². The molecular formula is C14H8BrClFIN2. The Morgan fingerprint density at radius 3 is 2.75 bits per heavy atom. The molecule has 0 atom stereocenters. The lowest BCUT2D eigenvalue weighted by atomic mass is 10.2. The van der Waals surface area contributed by atoms with Gasteiger partial charge in [-0.05, 0) is 56.7 Å². The van der Waals surface area contributed by atoms with Crippen molar-refractivity contribution in [2.45, 2.75) is 5.88 Å². The zero-order valence-corrected chi connectivity index (χ0v) is 14.6. The standard InChI is InChI=1S/C14H8BrClFIN2/c15-8-5-13-11(6-9(8)17)19-14(7-16)20(13)12-4-2-1-3-10(12)18/h1-6H,7H2. The largest absolute Gasteiger partial charge is 0.294 e. The van der Waals surface area contributed by atoms with E-state index in [1.165, 1.54) is 6.07 Å². The minimum atomic E-state index is -0.328. The maximum Gasteiger partial charge on any atom is 0.139 e. The molecule has 0 N–H and O–H groups in total. The second kappa shape index (κ2) is 5.61. The van der Waals surface area contributed by atoms with Gasteiger partial charge in [0, 0.05) is 9.64 Å². The zero-order chi connectivity index (χ0) is 14.3. The number of rotatable bonds is 2. The van der Waals surface area contributed by atoms with Crippen molar-refractivity contribution in [2.75, 3.05) is 0 Å². The van der Waals surface area contributed by atoms with Crippen LogP contribution < -0.4 is 0 Å². The summed E-state index contributed by atoms with van der Waals surface area (Å²) in [6.45, 7) is 0. The van der Waals surface area contributed by atoms with Crippen LogP contribution in [0.3, 0.4) is 0 Å². The highest BCUT2D eigenvalue weighted by molar-refractivity contribution is 14.1. The van der Waals surface area contributed by atoms with Crippen molar-refractivity contribution in [3.05, 3.63) is 56.1 Å². The summed E-state index contributed by atoms with van der Waals surface area (Å²) in [5.41, 5.74) is 2.42. The fraction of sp³-hybridized carbons (Fsp3) is 0.0714. The van der Waals surface area contributed by atoms with Crippen molar-refractivity contribution in [2.24, 2.45) is 0 Å². The molecule has 2 nitrogen and oxygen atoms in total. The molecule has 1 aromatic heterocycles. The van der Waals surface area contributed by atoms with Crippen molar-refractivity contribution in [3.8, 4) is 5.69 Å². The fourth-order valence-corrected chi connectivity index (χ4v) is 3.25. The minimum Gasteiger partial charge on any atom is -0.294 e. The summed E-state index contributed by atoms with van der Waals surface area (Å²) < 4.78 is 17.1. The number of alkyl halides is 1. The quantitative estimate of drug-likeness (QED) is 0.373. The van der Waals surface area contributed by atoms with Gasteiger partial charge in [-0.15, -0.1) is 11.6 Å². The van der Waals surface area contributed by atoms with Gasteiger partial charge in [0.1, 0.15) is 11.6 Å². The van der Waals surface area contributed by atoms with E-state index in [2.05, 4.69) is 43.5 Å². The third-order valence-electron chi connectivity index (χ3n) is 2.98. The van der Waals surface area contributed by atoms with E-state index in [4.69, 9.17) is 11.6 Å². The van der Waals surface area contributed by atoms with E-state index in [1.807, 2.05) is 28.8 Å². The predicted molar refractivity (Wildman–Crippen MR) is 91.0 cm³/mol. The molecular weight excluding hydrogens is 457 g/mol. The Kier molecular flexibility index (Phi) is 4.01. The minimum absolute atomic E-state index is 0.263. The first kappa shape index (κ1) is 14.3. The molecule has 0 aliphatic rings. The molecule has 0 amide bonds. The van der Waals surface area contributed by atoms with Crippen LogP contribution >= 0.6 is 50.1 Å². The molecule has 0 spiro atoms. The molecule has 0 unspecified atom stereocenters. The third-order valence-corrected chi connectivity index (χ3v) is 4.74. The Morgan fingerprint density at radius 1 is 1.30 bits per heavy atom. The van der Waals surface area contributed by atoms with Crippen LogP contribution in [0.1, 0.15) is 5.82 Å². The Labute approximate surface area is 142 Å². The maximum absolute atomic E-state index is 13.6. The van der Waals surface area contributed by atoms with Crippen molar-refractivity contribution in [3.63, 3.8) is 0 Å². The second-order valence-corrected chi connectivity index (χ2v) is 6.49. The molecule has 102 valence electrons. The Morgan fingerprint density at radius 2 is 2.05 bits per heavy atom. The molecule has 3 rings (SSSR count). The lowest BCUT2D eigenvalue weighted by Gasteiger charge is -2.10. The number of imidazole rings is 1. The number of fused-ring (bicyclic) bond motifs is 1. The summed E-state index contributed by atoms with van der Waals surface area (Å²) >= 11 is 11.5. The normalized spacial score (nSPS) is 11.2. The van der Waals surface area contributed by atoms with E-state index < -0.39 is 0 Å². The van der Waals surface area contributed by atoms with Gasteiger partial charge in [-0.3, -0.25) is 4.57 Å². The van der Waals surface area contributed by atoms with Crippen LogP contribution in [0.2, 0.25) is 0 Å². The summed E-state index contributed by atoms with van der Waals surface area (Å²) in [5, 5.41) is 0. The highest BCUT2D eigenvalue weighted by Gasteiger charge is 2.15. The number of nitrogens with zero attached hydrogens (tertiary/aromatic N) is 2. The van der Waals surface area contributed by atoms with Gasteiger partial charge in [-0.25, -0.2) is 9.37 Å². The smallest absolute Gasteiger partial charge is 0.139 e. The van der Waals surface area contributed by atoms with Crippen LogP contribution in [-0.4, -0.2) is 9.55 Å². The average molecular weight is 465 g/mol. The molecule has 0 radical (unpaired) electrons. The van der Waals surface area contributed by atoms with E-state index >= 15 is 0 Å². The summed E-state index contributed by atoms with van der Waals surface area (Å²) in [7, 11) is 0. The number of benzene rings is 2. The third kappa shape index (κ3) is 2.35. The lowest BCUT2D eigenvalue weighted by molar-refractivity contribution is 0.623. The van der Waals surface area contributed by atoms with E-state index in [9.17, 15) is 4.39 Å². The van der Waals surface area contributed by atoms with Crippen molar-refractivity contribution in [1.29, 1.82) is 0 Å². The summed E-state index contributed by atoms with van der Waals surface area (Å²) in [6.07, 6.45) is 0. The average Bonchev–Trinajstić information content (AvgIpc) is 2.77.